The van der Waals surface area contributed by atoms with Crippen molar-refractivity contribution in [1.29, 1.82) is 0 Å². The van der Waals surface area contributed by atoms with Gasteiger partial charge >= 0.3 is 0 Å². The van der Waals surface area contributed by atoms with E-state index in [1.54, 1.807) is 53.5 Å². The Bertz CT molecular complexity index is 2310. The van der Waals surface area contributed by atoms with Crippen molar-refractivity contribution in [2.45, 2.75) is 89.1 Å². The number of benzene rings is 3. The van der Waals surface area contributed by atoms with Gasteiger partial charge in [0.1, 0.15) is 34.6 Å². The number of hydrogen-bond acceptors (Lipinski definition) is 14. The van der Waals surface area contributed by atoms with E-state index in [0.717, 1.165) is 30.4 Å². The summed E-state index contributed by atoms with van der Waals surface area (Å²) in [6, 6.07) is 15.6. The third kappa shape index (κ3) is 12.2. The number of allylic oxidation sites excluding steroid dienone is 1. The van der Waals surface area contributed by atoms with Gasteiger partial charge in [-0.1, -0.05) is 30.1 Å². The van der Waals surface area contributed by atoms with Crippen molar-refractivity contribution in [1.82, 2.24) is 4.90 Å². The van der Waals surface area contributed by atoms with Crippen LogP contribution in [0.5, 0.6) is 23.0 Å². The van der Waals surface area contributed by atoms with Crippen LogP contribution in [0.1, 0.15) is 93.1 Å². The molecule has 1 heterocycles. The van der Waals surface area contributed by atoms with Gasteiger partial charge in [-0.05, 0) is 124 Å². The third-order valence-electron chi connectivity index (χ3n) is 12.5. The van der Waals surface area contributed by atoms with Crippen molar-refractivity contribution in [3.05, 3.63) is 118 Å². The number of aliphatic hydroxyl groups excluding tert-OH is 3. The summed E-state index contributed by atoms with van der Waals surface area (Å²) < 4.78 is 32.0. The predicted molar refractivity (Wildman–Crippen MR) is 256 cm³/mol. The van der Waals surface area contributed by atoms with Crippen LogP contribution in [0.4, 0.5) is 5.69 Å². The highest BCUT2D eigenvalue weighted by atomic mass is 16.7. The summed E-state index contributed by atoms with van der Waals surface area (Å²) in [5.74, 6) is -1.23. The molecule has 6 atom stereocenters. The molecule has 3 N–H and O–H groups in total. The van der Waals surface area contributed by atoms with Crippen molar-refractivity contribution < 1.29 is 58.4 Å². The number of nitrogens with zero attached hydrogens (tertiary/aromatic N) is 3. The van der Waals surface area contributed by atoms with Crippen molar-refractivity contribution in [3.8, 4) is 23.0 Å². The van der Waals surface area contributed by atoms with E-state index in [2.05, 4.69) is 12.7 Å². The Morgan fingerprint density at radius 2 is 1.71 bits per heavy atom. The van der Waals surface area contributed by atoms with E-state index >= 15 is 0 Å². The van der Waals surface area contributed by atoms with E-state index in [1.807, 2.05) is 32.9 Å². The number of ether oxygens (including phenoxy) is 5. The monoisotopic (exact) mass is 939 g/mol. The smallest absolute Gasteiger partial charge is 0.269 e. The van der Waals surface area contributed by atoms with Crippen LogP contribution in [0.2, 0.25) is 0 Å². The fraction of sp³-hybridized carbons (Fsp3) is 0.481. The average molecular weight is 940 g/mol. The van der Waals surface area contributed by atoms with Crippen LogP contribution in [0.15, 0.2) is 96.2 Å². The van der Waals surface area contributed by atoms with Gasteiger partial charge in [0.2, 0.25) is 11.7 Å². The molecule has 1 saturated carbocycles. The maximum atomic E-state index is 14.9. The lowest BCUT2D eigenvalue weighted by molar-refractivity contribution is -0.384. The SMILES string of the molecule is C=CCOC12Oc3ccc(Oc4ccc(OC)c(C=O)c4)cc3C3C(CCCCO)C(CCCCO)C=C(C(=NOC(C)(C)C)CC1N(CCOCCO)C(=O)C=Cc1ccc([N+](=O)[O-])cc1)C32. The highest BCUT2D eigenvalue weighted by Gasteiger charge is 2.65. The molecule has 6 rings (SSSR count). The Labute approximate surface area is 398 Å². The first-order valence-electron chi connectivity index (χ1n) is 23.3. The highest BCUT2D eigenvalue weighted by molar-refractivity contribution is 6.03. The fourth-order valence-corrected chi connectivity index (χ4v) is 9.63. The number of fused-ring (bicyclic) bond motifs is 2. The molecule has 16 heteroatoms. The molecule has 68 heavy (non-hydrogen) atoms. The molecule has 0 bridgehead atoms. The Balaban J connectivity index is 1.59. The number of aldehydes is 1. The number of nitro benzene ring substituents is 1. The minimum absolute atomic E-state index is 0.0218. The zero-order valence-electron chi connectivity index (χ0n) is 39.4. The molecular weight excluding hydrogens is 875 g/mol. The largest absolute Gasteiger partial charge is 0.496 e. The van der Waals surface area contributed by atoms with Crippen LogP contribution in [-0.4, -0.2) is 114 Å². The van der Waals surface area contributed by atoms with Crippen molar-refractivity contribution in [3.63, 3.8) is 0 Å². The number of amides is 1. The topological polar surface area (TPSA) is 209 Å². The molecule has 366 valence electrons. The second-order valence-corrected chi connectivity index (χ2v) is 18.1. The molecule has 6 unspecified atom stereocenters. The molecule has 0 spiro atoms. The van der Waals surface area contributed by atoms with Crippen LogP contribution in [-0.2, 0) is 19.1 Å². The highest BCUT2D eigenvalue weighted by Crippen LogP contribution is 2.62. The van der Waals surface area contributed by atoms with E-state index in [1.165, 1.54) is 25.3 Å². The molecule has 16 nitrogen and oxygen atoms in total. The summed E-state index contributed by atoms with van der Waals surface area (Å²) in [6.07, 6.45) is 11.9. The lowest BCUT2D eigenvalue weighted by Crippen LogP contribution is -2.70. The van der Waals surface area contributed by atoms with Gasteiger partial charge in [0.25, 0.3) is 5.69 Å². The summed E-state index contributed by atoms with van der Waals surface area (Å²) in [4.78, 5) is 45.7. The molecular formula is C52H65N3O13. The van der Waals surface area contributed by atoms with Crippen molar-refractivity contribution in [2.75, 3.05) is 53.3 Å². The van der Waals surface area contributed by atoms with Crippen LogP contribution >= 0.6 is 0 Å². The first-order valence-corrected chi connectivity index (χ1v) is 23.3. The summed E-state index contributed by atoms with van der Waals surface area (Å²) in [7, 11) is 1.49. The van der Waals surface area contributed by atoms with Gasteiger partial charge in [0.15, 0.2) is 6.29 Å². The Hall–Kier alpha value is -5.91. The van der Waals surface area contributed by atoms with Gasteiger partial charge in [0, 0.05) is 55.9 Å². The second-order valence-electron chi connectivity index (χ2n) is 18.1. The maximum absolute atomic E-state index is 14.9. The minimum atomic E-state index is -1.57. The van der Waals surface area contributed by atoms with Gasteiger partial charge in [-0.25, -0.2) is 0 Å². The summed E-state index contributed by atoms with van der Waals surface area (Å²) >= 11 is 0. The quantitative estimate of drug-likeness (QED) is 0.0183. The number of methoxy groups -OCH3 is 1. The van der Waals surface area contributed by atoms with Gasteiger partial charge in [0.05, 0.1) is 55.7 Å². The Kier molecular flexibility index (Phi) is 18.1. The van der Waals surface area contributed by atoms with Crippen LogP contribution in [0.3, 0.4) is 0 Å². The Morgan fingerprint density at radius 1 is 0.985 bits per heavy atom. The number of rotatable bonds is 25. The molecule has 3 aromatic rings. The predicted octanol–water partition coefficient (Wildman–Crippen LogP) is 8.19. The van der Waals surface area contributed by atoms with E-state index in [9.17, 15) is 35.0 Å². The molecule has 0 aromatic heterocycles. The summed E-state index contributed by atoms with van der Waals surface area (Å²) in [5.41, 5.74) is 2.41. The first-order chi connectivity index (χ1) is 32.8. The van der Waals surface area contributed by atoms with Crippen LogP contribution < -0.4 is 14.2 Å². The molecule has 1 aliphatic heterocycles. The van der Waals surface area contributed by atoms with Crippen LogP contribution in [0, 0.1) is 27.9 Å². The maximum Gasteiger partial charge on any atom is 0.269 e. The van der Waals surface area contributed by atoms with E-state index in [-0.39, 0.29) is 76.0 Å². The number of nitro groups is 1. The van der Waals surface area contributed by atoms with Gasteiger partial charge in [-0.3, -0.25) is 19.7 Å². The normalized spacial score (nSPS) is 22.4. The molecule has 2 aliphatic carbocycles. The Morgan fingerprint density at radius 3 is 2.37 bits per heavy atom. The molecule has 1 amide bonds. The van der Waals surface area contributed by atoms with Gasteiger partial charge < -0.3 is 48.7 Å². The number of non-ortho nitro benzene ring substituents is 1. The molecule has 3 aliphatic rings. The second kappa shape index (κ2) is 23.9. The average Bonchev–Trinajstić information content (AvgIpc) is 3.33. The molecule has 0 saturated heterocycles. The van der Waals surface area contributed by atoms with Gasteiger partial charge in [-0.15, -0.1) is 6.58 Å². The zero-order chi connectivity index (χ0) is 48.8. The number of hydrogen-bond donors (Lipinski definition) is 3. The molecule has 0 radical (unpaired) electrons. The van der Waals surface area contributed by atoms with E-state index in [0.29, 0.717) is 65.4 Å². The number of unbranched alkanes of at least 4 members (excludes halogenated alkanes) is 2. The summed E-state index contributed by atoms with van der Waals surface area (Å²) in [6.45, 7) is 9.77. The van der Waals surface area contributed by atoms with Crippen LogP contribution in [0.25, 0.3) is 6.08 Å². The number of aliphatic hydroxyl groups is 3. The van der Waals surface area contributed by atoms with E-state index in [4.69, 9.17) is 33.7 Å². The zero-order valence-corrected chi connectivity index (χ0v) is 39.4. The first kappa shape index (κ1) is 51.5. The third-order valence-corrected chi connectivity index (χ3v) is 12.5. The molecule has 1 fully saturated rings. The number of carbonyl (C=O) groups is 2. The number of carbonyl (C=O) groups excluding carboxylic acids is 2. The van der Waals surface area contributed by atoms with E-state index < -0.39 is 34.2 Å². The standard InChI is InChI=1S/C52H65N3O13/c1-6-27-65-52-47(54(23-28-64-29-26-58)48(60)22-15-35-13-16-38(17-14-35)55(61)62)33-44(53-68-51(2,3)4)42-31-36(11-7-9-24-56)41(12-8-10-25-57)49(50(42)52)43-32-40(19-21-46(43)67-52)66-39-18-20-45(63-5)37(30-39)34-59/h6,13-22,30-32,34,36,41,47,49-50,56-58H,1,7-12,23-29,33H2,2-5H3. The fourth-order valence-electron chi connectivity index (χ4n) is 9.63. The lowest BCUT2D eigenvalue weighted by Gasteiger charge is -2.60. The lowest BCUT2D eigenvalue weighted by atomic mass is 9.55. The minimum Gasteiger partial charge on any atom is -0.496 e. The van der Waals surface area contributed by atoms with Crippen molar-refractivity contribution in [2.24, 2.45) is 22.9 Å². The molecule has 3 aromatic carbocycles. The summed E-state index contributed by atoms with van der Waals surface area (Å²) in [5, 5.41) is 45.9. The van der Waals surface area contributed by atoms with Gasteiger partial charge in [-0.2, -0.15) is 0 Å². The number of oxime groups is 1. The van der Waals surface area contributed by atoms with Crippen molar-refractivity contribution >= 4 is 29.7 Å².